The van der Waals surface area contributed by atoms with E-state index in [0.717, 1.165) is 17.2 Å². The lowest BCUT2D eigenvalue weighted by molar-refractivity contribution is 0.175. The molecule has 1 saturated heterocycles. The minimum Gasteiger partial charge on any atom is -0.377 e. The maximum absolute atomic E-state index is 5.06. The van der Waals surface area contributed by atoms with Crippen molar-refractivity contribution < 1.29 is 4.74 Å². The molecule has 0 radical (unpaired) electrons. The van der Waals surface area contributed by atoms with E-state index >= 15 is 0 Å². The molecule has 1 atom stereocenters. The van der Waals surface area contributed by atoms with Gasteiger partial charge in [-0.05, 0) is 38.4 Å². The topological polar surface area (TPSA) is 54.0 Å². The Morgan fingerprint density at radius 1 is 1.18 bits per heavy atom. The number of H-pyrrole nitrogens is 1. The van der Waals surface area contributed by atoms with Crippen LogP contribution in [0.2, 0.25) is 0 Å². The van der Waals surface area contributed by atoms with Crippen LogP contribution in [0.25, 0.3) is 11.4 Å². The van der Waals surface area contributed by atoms with E-state index in [0.29, 0.717) is 12.6 Å². The van der Waals surface area contributed by atoms with E-state index < -0.39 is 0 Å². The highest BCUT2D eigenvalue weighted by Crippen LogP contribution is 2.25. The van der Waals surface area contributed by atoms with Gasteiger partial charge < -0.3 is 4.74 Å². The Labute approximate surface area is 131 Å². The van der Waals surface area contributed by atoms with Gasteiger partial charge in [0.1, 0.15) is 6.61 Å². The van der Waals surface area contributed by atoms with E-state index in [-0.39, 0.29) is 0 Å². The second-order valence-electron chi connectivity index (χ2n) is 5.93. The molecule has 1 aromatic heterocycles. The third-order valence-corrected chi connectivity index (χ3v) is 4.40. The highest BCUT2D eigenvalue weighted by atomic mass is 16.5. The van der Waals surface area contributed by atoms with Crippen LogP contribution in [0.1, 0.15) is 43.6 Å². The van der Waals surface area contributed by atoms with Crippen molar-refractivity contribution in [1.29, 1.82) is 0 Å². The van der Waals surface area contributed by atoms with E-state index in [1.54, 1.807) is 7.11 Å². The Morgan fingerprint density at radius 2 is 1.91 bits per heavy atom. The molecule has 5 heteroatoms. The number of benzene rings is 1. The molecule has 1 aliphatic heterocycles. The lowest BCUT2D eigenvalue weighted by Crippen LogP contribution is -2.32. The van der Waals surface area contributed by atoms with Gasteiger partial charge in [0.15, 0.2) is 11.6 Å². The van der Waals surface area contributed by atoms with Crippen LogP contribution in [0.4, 0.5) is 0 Å². The van der Waals surface area contributed by atoms with Crippen molar-refractivity contribution in [1.82, 2.24) is 20.1 Å². The molecule has 2 aromatic rings. The molecule has 1 N–H and O–H groups in total. The van der Waals surface area contributed by atoms with Crippen LogP contribution in [0.3, 0.4) is 0 Å². The first-order valence-electron chi connectivity index (χ1n) is 8.02. The maximum atomic E-state index is 5.06. The number of ether oxygens (including phenoxy) is 1. The number of aromatic nitrogens is 3. The molecule has 5 nitrogen and oxygen atoms in total. The zero-order valence-electron chi connectivity index (χ0n) is 13.4. The zero-order valence-corrected chi connectivity index (χ0v) is 13.4. The summed E-state index contributed by atoms with van der Waals surface area (Å²) >= 11 is 0. The zero-order chi connectivity index (χ0) is 15.4. The first-order chi connectivity index (χ1) is 10.8. The molecule has 22 heavy (non-hydrogen) atoms. The van der Waals surface area contributed by atoms with E-state index in [1.165, 1.54) is 37.9 Å². The molecule has 0 saturated carbocycles. The molecule has 1 fully saturated rings. The lowest BCUT2D eigenvalue weighted by Gasteiger charge is -2.32. The van der Waals surface area contributed by atoms with Gasteiger partial charge in [0, 0.05) is 18.7 Å². The fourth-order valence-electron chi connectivity index (χ4n) is 3.05. The van der Waals surface area contributed by atoms with Gasteiger partial charge in [0.05, 0.1) is 0 Å². The molecular weight excluding hydrogens is 276 g/mol. The predicted molar refractivity (Wildman–Crippen MR) is 86.4 cm³/mol. The summed E-state index contributed by atoms with van der Waals surface area (Å²) in [6.45, 7) is 5.18. The number of nitrogens with one attached hydrogen (secondary N) is 1. The maximum Gasteiger partial charge on any atom is 0.181 e. The van der Waals surface area contributed by atoms with Crippen molar-refractivity contribution in [2.75, 3.05) is 20.2 Å². The van der Waals surface area contributed by atoms with Crippen LogP contribution < -0.4 is 0 Å². The van der Waals surface area contributed by atoms with Crippen molar-refractivity contribution >= 4 is 0 Å². The second-order valence-corrected chi connectivity index (χ2v) is 5.93. The van der Waals surface area contributed by atoms with Crippen molar-refractivity contribution in [3.63, 3.8) is 0 Å². The van der Waals surface area contributed by atoms with Gasteiger partial charge >= 0.3 is 0 Å². The quantitative estimate of drug-likeness (QED) is 0.921. The molecular formula is C17H24N4O. The Balaban J connectivity index is 1.71. The van der Waals surface area contributed by atoms with E-state index in [4.69, 9.17) is 4.74 Å². The largest absolute Gasteiger partial charge is 0.377 e. The monoisotopic (exact) mass is 300 g/mol. The highest BCUT2D eigenvalue weighted by molar-refractivity contribution is 5.55. The summed E-state index contributed by atoms with van der Waals surface area (Å²) in [5.41, 5.74) is 2.39. The number of likely N-dealkylation sites (tertiary alicyclic amines) is 1. The van der Waals surface area contributed by atoms with E-state index in [9.17, 15) is 0 Å². The SMILES string of the molecule is COCc1nc(-c2ccc([C@@H](C)N3CCCCC3)cc2)n[nH]1. The summed E-state index contributed by atoms with van der Waals surface area (Å²) in [7, 11) is 1.65. The number of rotatable bonds is 5. The average molecular weight is 300 g/mol. The first-order valence-corrected chi connectivity index (χ1v) is 8.02. The van der Waals surface area contributed by atoms with Crippen molar-refractivity contribution in [2.45, 2.75) is 38.8 Å². The van der Waals surface area contributed by atoms with Gasteiger partial charge in [-0.2, -0.15) is 5.10 Å². The number of hydrogen-bond acceptors (Lipinski definition) is 4. The summed E-state index contributed by atoms with van der Waals surface area (Å²) in [5.74, 6) is 1.48. The van der Waals surface area contributed by atoms with Crippen LogP contribution in [0.5, 0.6) is 0 Å². The average Bonchev–Trinajstić information content (AvgIpc) is 3.04. The standard InChI is InChI=1S/C17H24N4O/c1-13(21-10-4-3-5-11-21)14-6-8-15(9-7-14)17-18-16(12-22-2)19-20-17/h6-9,13H,3-5,10-12H2,1-2H3,(H,18,19,20)/t13-/m1/s1. The first kappa shape index (κ1) is 15.2. The van der Waals surface area contributed by atoms with E-state index in [2.05, 4.69) is 51.3 Å². The summed E-state index contributed by atoms with van der Waals surface area (Å²) in [6, 6.07) is 9.08. The van der Waals surface area contributed by atoms with Gasteiger partial charge in [-0.25, -0.2) is 4.98 Å². The lowest BCUT2D eigenvalue weighted by atomic mass is 10.0. The molecule has 118 valence electrons. The third kappa shape index (κ3) is 3.36. The molecule has 1 aromatic carbocycles. The van der Waals surface area contributed by atoms with Gasteiger partial charge in [0.25, 0.3) is 0 Å². The second kappa shape index (κ2) is 7.03. The predicted octanol–water partition coefficient (Wildman–Crippen LogP) is 3.17. The minimum atomic E-state index is 0.455. The summed E-state index contributed by atoms with van der Waals surface area (Å²) < 4.78 is 5.06. The molecule has 0 bridgehead atoms. The molecule has 0 aliphatic carbocycles. The van der Waals surface area contributed by atoms with Crippen molar-refractivity contribution in [3.8, 4) is 11.4 Å². The molecule has 1 aliphatic rings. The normalized spacial score (nSPS) is 17.5. The number of piperidine rings is 1. The van der Waals surface area contributed by atoms with Crippen molar-refractivity contribution in [2.24, 2.45) is 0 Å². The fourth-order valence-corrected chi connectivity index (χ4v) is 3.05. The van der Waals surface area contributed by atoms with E-state index in [1.807, 2.05) is 0 Å². The smallest absolute Gasteiger partial charge is 0.181 e. The molecule has 0 unspecified atom stereocenters. The van der Waals surface area contributed by atoms with Crippen LogP contribution in [-0.2, 0) is 11.3 Å². The van der Waals surface area contributed by atoms with Crippen LogP contribution in [-0.4, -0.2) is 40.3 Å². The summed E-state index contributed by atoms with van der Waals surface area (Å²) in [5, 5.41) is 7.14. The Kier molecular flexibility index (Phi) is 4.85. The van der Waals surface area contributed by atoms with Crippen molar-refractivity contribution in [3.05, 3.63) is 35.7 Å². The third-order valence-electron chi connectivity index (χ3n) is 4.40. The minimum absolute atomic E-state index is 0.455. The van der Waals surface area contributed by atoms with Gasteiger partial charge in [-0.1, -0.05) is 30.7 Å². The van der Waals surface area contributed by atoms with Crippen LogP contribution in [0.15, 0.2) is 24.3 Å². The molecule has 0 amide bonds. The summed E-state index contributed by atoms with van der Waals surface area (Å²) in [4.78, 5) is 7.00. The number of hydrogen-bond donors (Lipinski definition) is 1. The molecule has 3 rings (SSSR count). The fraction of sp³-hybridized carbons (Fsp3) is 0.529. The number of aromatic amines is 1. The van der Waals surface area contributed by atoms with Gasteiger partial charge in [-0.15, -0.1) is 0 Å². The van der Waals surface area contributed by atoms with Gasteiger partial charge in [0.2, 0.25) is 0 Å². The van der Waals surface area contributed by atoms with Crippen LogP contribution in [0, 0.1) is 0 Å². The molecule has 0 spiro atoms. The summed E-state index contributed by atoms with van der Waals surface area (Å²) in [6.07, 6.45) is 4.01. The Hall–Kier alpha value is -1.72. The Bertz CT molecular complexity index is 587. The van der Waals surface area contributed by atoms with Gasteiger partial charge in [-0.3, -0.25) is 10.00 Å². The number of methoxy groups -OCH3 is 1. The number of nitrogens with zero attached hydrogens (tertiary/aromatic N) is 3. The highest BCUT2D eigenvalue weighted by Gasteiger charge is 2.18. The Morgan fingerprint density at radius 3 is 2.59 bits per heavy atom. The van der Waals surface area contributed by atoms with Crippen LogP contribution >= 0.6 is 0 Å². The molecule has 2 heterocycles.